The van der Waals surface area contributed by atoms with Crippen LogP contribution in [0.2, 0.25) is 5.02 Å². The Hall–Kier alpha value is -1.13. The summed E-state index contributed by atoms with van der Waals surface area (Å²) in [5, 5.41) is 3.36. The van der Waals surface area contributed by atoms with Crippen molar-refractivity contribution in [2.75, 3.05) is 20.1 Å². The van der Waals surface area contributed by atoms with Crippen LogP contribution in [0.3, 0.4) is 0 Å². The van der Waals surface area contributed by atoms with Gasteiger partial charge in [0.25, 0.3) is 5.91 Å². The molecule has 0 aromatic heterocycles. The number of nitrogens with one attached hydrogen (secondary N) is 1. The summed E-state index contributed by atoms with van der Waals surface area (Å²) >= 11 is 5.87. The van der Waals surface area contributed by atoms with E-state index in [1.165, 1.54) is 12.1 Å². The SMILES string of the molecule is CN(C(=O)c1ccc(F)cc1Cl)C1CCNC1. The maximum absolute atomic E-state index is 12.9. The molecule has 0 bridgehead atoms. The standard InChI is InChI=1S/C12H14ClFN2O/c1-16(9-4-5-15-7-9)12(17)10-3-2-8(14)6-11(10)13/h2-3,6,9,15H,4-5,7H2,1H3. The summed E-state index contributed by atoms with van der Waals surface area (Å²) in [5.74, 6) is -0.597. The lowest BCUT2D eigenvalue weighted by molar-refractivity contribution is 0.0744. The van der Waals surface area contributed by atoms with E-state index in [9.17, 15) is 9.18 Å². The molecule has 0 aliphatic carbocycles. The first-order chi connectivity index (χ1) is 8.09. The molecule has 1 aliphatic rings. The molecule has 0 saturated carbocycles. The lowest BCUT2D eigenvalue weighted by Gasteiger charge is -2.24. The average molecular weight is 257 g/mol. The highest BCUT2D eigenvalue weighted by Gasteiger charge is 2.25. The van der Waals surface area contributed by atoms with Gasteiger partial charge in [0, 0.05) is 19.6 Å². The Morgan fingerprint density at radius 3 is 2.94 bits per heavy atom. The van der Waals surface area contributed by atoms with Gasteiger partial charge in [-0.15, -0.1) is 0 Å². The third-order valence-corrected chi connectivity index (χ3v) is 3.38. The number of halogens is 2. The predicted octanol–water partition coefficient (Wildman–Crippen LogP) is 1.91. The third-order valence-electron chi connectivity index (χ3n) is 3.06. The molecule has 1 unspecified atom stereocenters. The number of nitrogens with zero attached hydrogens (tertiary/aromatic N) is 1. The van der Waals surface area contributed by atoms with E-state index in [2.05, 4.69) is 5.32 Å². The largest absolute Gasteiger partial charge is 0.337 e. The van der Waals surface area contributed by atoms with E-state index >= 15 is 0 Å². The van der Waals surface area contributed by atoms with Crippen molar-refractivity contribution in [1.82, 2.24) is 10.2 Å². The van der Waals surface area contributed by atoms with Crippen LogP contribution in [0.25, 0.3) is 0 Å². The Bertz CT molecular complexity index is 433. The van der Waals surface area contributed by atoms with Crippen LogP contribution >= 0.6 is 11.6 Å². The van der Waals surface area contributed by atoms with Crippen LogP contribution in [0.15, 0.2) is 18.2 Å². The number of carbonyl (C=O) groups is 1. The van der Waals surface area contributed by atoms with Crippen molar-refractivity contribution >= 4 is 17.5 Å². The molecule has 1 fully saturated rings. The maximum Gasteiger partial charge on any atom is 0.255 e. The molecule has 1 aliphatic heterocycles. The van der Waals surface area contributed by atoms with Crippen molar-refractivity contribution in [2.24, 2.45) is 0 Å². The zero-order valence-corrected chi connectivity index (χ0v) is 10.3. The van der Waals surface area contributed by atoms with Gasteiger partial charge < -0.3 is 10.2 Å². The fourth-order valence-electron chi connectivity index (χ4n) is 1.99. The molecule has 0 spiro atoms. The van der Waals surface area contributed by atoms with Gasteiger partial charge in [-0.05, 0) is 31.2 Å². The van der Waals surface area contributed by atoms with E-state index in [4.69, 9.17) is 11.6 Å². The highest BCUT2D eigenvalue weighted by atomic mass is 35.5. The van der Waals surface area contributed by atoms with E-state index in [-0.39, 0.29) is 17.0 Å². The molecule has 1 N–H and O–H groups in total. The predicted molar refractivity (Wildman–Crippen MR) is 64.8 cm³/mol. The van der Waals surface area contributed by atoms with Crippen molar-refractivity contribution in [3.8, 4) is 0 Å². The van der Waals surface area contributed by atoms with E-state index in [1.54, 1.807) is 11.9 Å². The van der Waals surface area contributed by atoms with Crippen molar-refractivity contribution < 1.29 is 9.18 Å². The van der Waals surface area contributed by atoms with Gasteiger partial charge in [-0.25, -0.2) is 4.39 Å². The molecule has 0 radical (unpaired) electrons. The minimum atomic E-state index is -0.434. The molecule has 2 rings (SSSR count). The van der Waals surface area contributed by atoms with Crippen LogP contribution in [-0.2, 0) is 0 Å². The van der Waals surface area contributed by atoms with Crippen LogP contribution in [0.1, 0.15) is 16.8 Å². The Balaban J connectivity index is 2.18. The van der Waals surface area contributed by atoms with Crippen molar-refractivity contribution in [2.45, 2.75) is 12.5 Å². The molecular weight excluding hydrogens is 243 g/mol. The average Bonchev–Trinajstić information content (AvgIpc) is 2.80. The molecule has 1 aromatic rings. The number of rotatable bonds is 2. The van der Waals surface area contributed by atoms with Gasteiger partial charge in [-0.2, -0.15) is 0 Å². The lowest BCUT2D eigenvalue weighted by atomic mass is 10.1. The normalized spacial score (nSPS) is 19.4. The van der Waals surface area contributed by atoms with Gasteiger partial charge in [0.05, 0.1) is 10.6 Å². The number of likely N-dealkylation sites (N-methyl/N-ethyl adjacent to an activating group) is 1. The lowest BCUT2D eigenvalue weighted by Crippen LogP contribution is -2.38. The monoisotopic (exact) mass is 256 g/mol. The number of carbonyl (C=O) groups excluding carboxylic acids is 1. The number of amides is 1. The minimum absolute atomic E-state index is 0.160. The van der Waals surface area contributed by atoms with Crippen LogP contribution in [0, 0.1) is 5.82 Å². The topological polar surface area (TPSA) is 32.3 Å². The van der Waals surface area contributed by atoms with Gasteiger partial charge in [0.1, 0.15) is 5.82 Å². The summed E-state index contributed by atoms with van der Waals surface area (Å²) < 4.78 is 12.9. The molecule has 17 heavy (non-hydrogen) atoms. The summed E-state index contributed by atoms with van der Waals surface area (Å²) in [6, 6.07) is 4.03. The van der Waals surface area contributed by atoms with Gasteiger partial charge in [-0.3, -0.25) is 4.79 Å². The van der Waals surface area contributed by atoms with Gasteiger partial charge >= 0.3 is 0 Å². The minimum Gasteiger partial charge on any atom is -0.337 e. The van der Waals surface area contributed by atoms with Crippen LogP contribution in [0.5, 0.6) is 0 Å². The molecule has 1 atom stereocenters. The fraction of sp³-hybridized carbons (Fsp3) is 0.417. The van der Waals surface area contributed by atoms with Crippen LogP contribution in [0.4, 0.5) is 4.39 Å². The summed E-state index contributed by atoms with van der Waals surface area (Å²) in [6.07, 6.45) is 0.932. The maximum atomic E-state index is 12.9. The molecule has 92 valence electrons. The van der Waals surface area contributed by atoms with Crippen molar-refractivity contribution in [3.05, 3.63) is 34.6 Å². The highest BCUT2D eigenvalue weighted by molar-refractivity contribution is 6.33. The smallest absolute Gasteiger partial charge is 0.255 e. The van der Waals surface area contributed by atoms with Gasteiger partial charge in [-0.1, -0.05) is 11.6 Å². The zero-order chi connectivity index (χ0) is 12.4. The molecule has 3 nitrogen and oxygen atoms in total. The first kappa shape index (κ1) is 12.3. The van der Waals surface area contributed by atoms with E-state index in [0.717, 1.165) is 25.6 Å². The quantitative estimate of drug-likeness (QED) is 0.877. The van der Waals surface area contributed by atoms with Crippen molar-refractivity contribution in [1.29, 1.82) is 0 Å². The summed E-state index contributed by atoms with van der Waals surface area (Å²) in [5.41, 5.74) is 0.350. The summed E-state index contributed by atoms with van der Waals surface area (Å²) in [4.78, 5) is 13.8. The molecule has 1 heterocycles. The summed E-state index contributed by atoms with van der Waals surface area (Å²) in [6.45, 7) is 1.71. The molecule has 1 aromatic carbocycles. The molecular formula is C12H14ClFN2O. The molecule has 1 saturated heterocycles. The Morgan fingerprint density at radius 1 is 1.59 bits per heavy atom. The Labute approximate surface area is 105 Å². The van der Waals surface area contributed by atoms with Crippen molar-refractivity contribution in [3.63, 3.8) is 0 Å². The van der Waals surface area contributed by atoms with E-state index < -0.39 is 5.82 Å². The first-order valence-corrected chi connectivity index (χ1v) is 5.90. The fourth-order valence-corrected chi connectivity index (χ4v) is 2.24. The van der Waals surface area contributed by atoms with E-state index in [0.29, 0.717) is 5.56 Å². The second-order valence-corrected chi connectivity index (χ2v) is 4.59. The second-order valence-electron chi connectivity index (χ2n) is 4.19. The van der Waals surface area contributed by atoms with Crippen LogP contribution in [-0.4, -0.2) is 37.0 Å². The number of benzene rings is 1. The Kier molecular flexibility index (Phi) is 3.64. The number of hydrogen-bond acceptors (Lipinski definition) is 2. The zero-order valence-electron chi connectivity index (χ0n) is 9.54. The highest BCUT2D eigenvalue weighted by Crippen LogP contribution is 2.20. The molecule has 1 amide bonds. The molecule has 5 heteroatoms. The van der Waals surface area contributed by atoms with Gasteiger partial charge in [0.15, 0.2) is 0 Å². The third kappa shape index (κ3) is 2.58. The number of hydrogen-bond donors (Lipinski definition) is 1. The first-order valence-electron chi connectivity index (χ1n) is 5.52. The second kappa shape index (κ2) is 5.02. The van der Waals surface area contributed by atoms with Gasteiger partial charge in [0.2, 0.25) is 0 Å². The van der Waals surface area contributed by atoms with Crippen LogP contribution < -0.4 is 5.32 Å². The Morgan fingerprint density at radius 2 is 2.35 bits per heavy atom. The van der Waals surface area contributed by atoms with E-state index in [1.807, 2.05) is 0 Å². The summed E-state index contributed by atoms with van der Waals surface area (Å²) in [7, 11) is 1.75.